The van der Waals surface area contributed by atoms with E-state index in [1.165, 1.54) is 16.4 Å². The number of morpholine rings is 1. The Morgan fingerprint density at radius 1 is 1.41 bits per heavy atom. The zero-order valence-corrected chi connectivity index (χ0v) is 13.0. The fourth-order valence-electron chi connectivity index (χ4n) is 2.60. The molecule has 7 nitrogen and oxygen atoms in total. The zero-order chi connectivity index (χ0) is 15.7. The molecule has 0 radical (unpaired) electrons. The molecule has 0 bridgehead atoms. The molecule has 2 aliphatic rings. The van der Waals surface area contributed by atoms with E-state index in [2.05, 4.69) is 0 Å². The summed E-state index contributed by atoms with van der Waals surface area (Å²) in [4.78, 5) is 11.7. The first-order chi connectivity index (χ1) is 10.5. The van der Waals surface area contributed by atoms with Crippen LogP contribution >= 0.6 is 0 Å². The van der Waals surface area contributed by atoms with E-state index in [9.17, 15) is 13.2 Å². The number of carbonyl (C=O) groups excluding carboxylic acids is 1. The predicted molar refractivity (Wildman–Crippen MR) is 75.9 cm³/mol. The molecular weight excluding hydrogens is 310 g/mol. The highest BCUT2D eigenvalue weighted by Crippen LogP contribution is 2.26. The van der Waals surface area contributed by atoms with Gasteiger partial charge >= 0.3 is 5.97 Å². The number of hydrogen-bond donors (Lipinski definition) is 0. The molecule has 3 rings (SSSR count). The fourth-order valence-corrected chi connectivity index (χ4v) is 4.08. The molecule has 1 atom stereocenters. The lowest BCUT2D eigenvalue weighted by Gasteiger charge is -2.31. The Hall–Kier alpha value is -1.48. The molecule has 1 fully saturated rings. The molecule has 120 valence electrons. The molecular formula is C14H17NO6S. The summed E-state index contributed by atoms with van der Waals surface area (Å²) in [5, 5.41) is 0. The summed E-state index contributed by atoms with van der Waals surface area (Å²) in [5.74, 6) is -0.480. The molecule has 1 unspecified atom stereocenters. The number of fused-ring (bicyclic) bond motifs is 1. The minimum atomic E-state index is -3.67. The second kappa shape index (κ2) is 5.96. The van der Waals surface area contributed by atoms with Crippen LogP contribution in [0.3, 0.4) is 0 Å². The molecule has 1 aromatic rings. The van der Waals surface area contributed by atoms with Crippen molar-refractivity contribution < 1.29 is 27.4 Å². The Balaban J connectivity index is 1.87. The first-order valence-electron chi connectivity index (χ1n) is 6.93. The Morgan fingerprint density at radius 2 is 2.23 bits per heavy atom. The average molecular weight is 327 g/mol. The van der Waals surface area contributed by atoms with Crippen LogP contribution in [0.5, 0.6) is 0 Å². The van der Waals surface area contributed by atoms with Gasteiger partial charge in [0.1, 0.15) is 6.61 Å². The van der Waals surface area contributed by atoms with Gasteiger partial charge in [-0.3, -0.25) is 0 Å². The molecule has 0 spiro atoms. The number of esters is 1. The third kappa shape index (κ3) is 2.74. The van der Waals surface area contributed by atoms with Gasteiger partial charge in [0.05, 0.1) is 29.8 Å². The molecule has 1 saturated heterocycles. The molecule has 0 aliphatic carbocycles. The number of sulfonamides is 1. The van der Waals surface area contributed by atoms with Crippen molar-refractivity contribution in [3.8, 4) is 0 Å². The van der Waals surface area contributed by atoms with E-state index in [1.54, 1.807) is 13.2 Å². The lowest BCUT2D eigenvalue weighted by molar-refractivity contribution is -0.0406. The topological polar surface area (TPSA) is 82.1 Å². The van der Waals surface area contributed by atoms with Crippen molar-refractivity contribution in [3.63, 3.8) is 0 Å². The lowest BCUT2D eigenvalue weighted by Crippen LogP contribution is -2.47. The summed E-state index contributed by atoms with van der Waals surface area (Å²) in [7, 11) is -2.12. The Kier molecular flexibility index (Phi) is 4.18. The number of benzene rings is 1. The number of cyclic esters (lactones) is 1. The van der Waals surface area contributed by atoms with Crippen LogP contribution < -0.4 is 0 Å². The molecule has 0 saturated carbocycles. The highest BCUT2D eigenvalue weighted by molar-refractivity contribution is 7.89. The third-order valence-corrected chi connectivity index (χ3v) is 5.61. The maximum atomic E-state index is 12.7. The minimum Gasteiger partial charge on any atom is -0.457 e. The molecule has 2 aliphatic heterocycles. The van der Waals surface area contributed by atoms with E-state index < -0.39 is 16.0 Å². The number of rotatable bonds is 4. The van der Waals surface area contributed by atoms with Gasteiger partial charge in [0.25, 0.3) is 0 Å². The van der Waals surface area contributed by atoms with E-state index in [1.807, 2.05) is 0 Å². The number of ether oxygens (including phenoxy) is 3. The van der Waals surface area contributed by atoms with Crippen molar-refractivity contribution in [1.82, 2.24) is 4.31 Å². The van der Waals surface area contributed by atoms with Gasteiger partial charge in [-0.25, -0.2) is 13.2 Å². The number of hydrogen-bond acceptors (Lipinski definition) is 6. The molecule has 0 amide bonds. The van der Waals surface area contributed by atoms with E-state index in [0.717, 1.165) is 0 Å². The minimum absolute atomic E-state index is 0.100. The van der Waals surface area contributed by atoms with Crippen molar-refractivity contribution >= 4 is 16.0 Å². The first-order valence-corrected chi connectivity index (χ1v) is 8.37. The molecule has 22 heavy (non-hydrogen) atoms. The normalized spacial score (nSPS) is 22.4. The van der Waals surface area contributed by atoms with Crippen molar-refractivity contribution in [3.05, 3.63) is 29.3 Å². The van der Waals surface area contributed by atoms with Gasteiger partial charge in [0.2, 0.25) is 10.0 Å². The number of methoxy groups -OCH3 is 1. The summed E-state index contributed by atoms with van der Waals surface area (Å²) in [6.07, 6.45) is -0.284. The van der Waals surface area contributed by atoms with Gasteiger partial charge in [0.15, 0.2) is 0 Å². The Labute approximate surface area is 128 Å². The highest BCUT2D eigenvalue weighted by Gasteiger charge is 2.32. The van der Waals surface area contributed by atoms with Crippen molar-refractivity contribution in [2.75, 3.05) is 33.4 Å². The van der Waals surface area contributed by atoms with Gasteiger partial charge in [-0.2, -0.15) is 4.31 Å². The van der Waals surface area contributed by atoms with Crippen LogP contribution in [0.4, 0.5) is 0 Å². The quantitative estimate of drug-likeness (QED) is 0.744. The third-order valence-electron chi connectivity index (χ3n) is 3.75. The highest BCUT2D eigenvalue weighted by atomic mass is 32.2. The summed E-state index contributed by atoms with van der Waals surface area (Å²) < 4.78 is 42.2. The Morgan fingerprint density at radius 3 is 3.00 bits per heavy atom. The van der Waals surface area contributed by atoms with Crippen LogP contribution in [0.1, 0.15) is 15.9 Å². The van der Waals surface area contributed by atoms with Crippen LogP contribution in [-0.4, -0.2) is 58.2 Å². The van der Waals surface area contributed by atoms with E-state index in [0.29, 0.717) is 24.3 Å². The van der Waals surface area contributed by atoms with Gasteiger partial charge < -0.3 is 14.2 Å². The predicted octanol–water partition coefficient (Wildman–Crippen LogP) is 0.393. The molecule has 8 heteroatoms. The van der Waals surface area contributed by atoms with Gasteiger partial charge in [-0.15, -0.1) is 0 Å². The van der Waals surface area contributed by atoms with E-state index in [-0.39, 0.29) is 30.7 Å². The maximum absolute atomic E-state index is 12.7. The summed E-state index contributed by atoms with van der Waals surface area (Å²) in [6, 6.07) is 4.53. The number of nitrogens with zero attached hydrogens (tertiary/aromatic N) is 1. The smallest absolute Gasteiger partial charge is 0.338 e. The van der Waals surface area contributed by atoms with Gasteiger partial charge in [0, 0.05) is 25.8 Å². The first kappa shape index (κ1) is 15.4. The standard InChI is InChI=1S/C14H17NO6S/c1-19-9-11-7-15(4-5-20-11)22(17,18)12-3-2-10-8-21-14(16)13(10)6-12/h2-3,6,11H,4-5,7-9H2,1H3. The molecule has 2 heterocycles. The van der Waals surface area contributed by atoms with Crippen molar-refractivity contribution in [1.29, 1.82) is 0 Å². The lowest BCUT2D eigenvalue weighted by atomic mass is 10.1. The van der Waals surface area contributed by atoms with Crippen LogP contribution in [0.2, 0.25) is 0 Å². The van der Waals surface area contributed by atoms with Crippen LogP contribution in [0, 0.1) is 0 Å². The van der Waals surface area contributed by atoms with Gasteiger partial charge in [-0.05, 0) is 12.1 Å². The second-order valence-electron chi connectivity index (χ2n) is 5.21. The largest absolute Gasteiger partial charge is 0.457 e. The fraction of sp³-hybridized carbons (Fsp3) is 0.500. The zero-order valence-electron chi connectivity index (χ0n) is 12.1. The summed E-state index contributed by atoms with van der Waals surface area (Å²) >= 11 is 0. The SMILES string of the molecule is COCC1CN(S(=O)(=O)c2ccc3c(c2)C(=O)OC3)CCO1. The second-order valence-corrected chi connectivity index (χ2v) is 7.14. The summed E-state index contributed by atoms with van der Waals surface area (Å²) in [6.45, 7) is 1.37. The monoisotopic (exact) mass is 327 g/mol. The Bertz CT molecular complexity index is 685. The molecule has 1 aromatic carbocycles. The van der Waals surface area contributed by atoms with Crippen LogP contribution in [-0.2, 0) is 30.8 Å². The van der Waals surface area contributed by atoms with Crippen molar-refractivity contribution in [2.24, 2.45) is 0 Å². The number of carbonyl (C=O) groups is 1. The maximum Gasteiger partial charge on any atom is 0.338 e. The van der Waals surface area contributed by atoms with Crippen molar-refractivity contribution in [2.45, 2.75) is 17.6 Å². The summed E-state index contributed by atoms with van der Waals surface area (Å²) in [5.41, 5.74) is 1.03. The molecule has 0 N–H and O–H groups in total. The van der Waals surface area contributed by atoms with Crippen LogP contribution in [0.25, 0.3) is 0 Å². The van der Waals surface area contributed by atoms with Crippen LogP contribution in [0.15, 0.2) is 23.1 Å². The van der Waals surface area contributed by atoms with Gasteiger partial charge in [-0.1, -0.05) is 6.07 Å². The van der Waals surface area contributed by atoms with E-state index >= 15 is 0 Å². The molecule has 0 aromatic heterocycles. The van der Waals surface area contributed by atoms with E-state index in [4.69, 9.17) is 14.2 Å². The average Bonchev–Trinajstić information content (AvgIpc) is 2.89.